The Labute approximate surface area is 490 Å². The largest absolute Gasteiger partial charge is 0.390 e. The number of amides is 15. The van der Waals surface area contributed by atoms with Gasteiger partial charge < -0.3 is 54.6 Å². The Hall–Kier alpha value is -5.90. The third-order valence-electron chi connectivity index (χ3n) is 14.5. The van der Waals surface area contributed by atoms with E-state index in [9.17, 15) is 53.1 Å². The standard InChI is InChI=1S/C55H98N12O14S/c1-21-26-27-35(10)42(68)41-44(70)57-37(22-2)46(72)64(18)50(82-29-28-67(23-3)24-4)49(75)61(15)39(31-55(12,13)81-32-80-25-5)43(69)58-52(77)66(20)53(78)59-51(76)56-36(11)45(71)60(14)38(30-33(6)7)47(73)65(19)54(79)63(17)40(34(8)9)48(74)62(41)16/h21,26,33-42,50,68H,22-25,27-32H2,1-20H3,(H,57,70)(H,58,69,77)(H2,56,59,76,78)/b26-21+/t35-,36-,37+,38-,39+,40+,41+,42-,50-/m1/s1. The first-order chi connectivity index (χ1) is 38.1. The van der Waals surface area contributed by atoms with Crippen LogP contribution < -0.4 is 21.3 Å². The molecule has 0 aromatic carbocycles. The maximum absolute atomic E-state index is 15.1. The average Bonchev–Trinajstić information content (AvgIpc) is 3.63. The van der Waals surface area contributed by atoms with Gasteiger partial charge in [-0.2, -0.15) is 0 Å². The fourth-order valence-electron chi connectivity index (χ4n) is 9.13. The lowest BCUT2D eigenvalue weighted by molar-refractivity contribution is -0.153. The molecular weight excluding hydrogens is 1080 g/mol. The molecule has 0 saturated carbocycles. The van der Waals surface area contributed by atoms with Gasteiger partial charge in [-0.15, -0.1) is 11.8 Å². The van der Waals surface area contributed by atoms with Crippen LogP contribution in [0.4, 0.5) is 19.2 Å². The number of nitrogens with one attached hydrogen (secondary N) is 4. The normalized spacial score (nSPS) is 24.1. The number of hydrogen-bond acceptors (Lipinski definition) is 16. The lowest BCUT2D eigenvalue weighted by Gasteiger charge is -2.40. The second-order valence-electron chi connectivity index (χ2n) is 22.1. The van der Waals surface area contributed by atoms with E-state index in [2.05, 4.69) is 20.9 Å². The van der Waals surface area contributed by atoms with Gasteiger partial charge in [-0.05, 0) is 84.7 Å². The van der Waals surface area contributed by atoms with Gasteiger partial charge in [-0.3, -0.25) is 49.1 Å². The van der Waals surface area contributed by atoms with E-state index in [1.54, 1.807) is 81.4 Å². The zero-order valence-corrected chi connectivity index (χ0v) is 53.1. The van der Waals surface area contributed by atoms with E-state index in [-0.39, 0.29) is 38.4 Å². The van der Waals surface area contributed by atoms with E-state index in [0.717, 1.165) is 48.2 Å². The van der Waals surface area contributed by atoms with Crippen LogP contribution in [0, 0.1) is 17.8 Å². The molecule has 27 heteroatoms. The lowest BCUT2D eigenvalue weighted by Crippen LogP contribution is -2.63. The molecule has 1 fully saturated rings. The number of aliphatic hydroxyl groups is 1. The summed E-state index contributed by atoms with van der Waals surface area (Å²) in [5, 5.41) is 19.8. The van der Waals surface area contributed by atoms with Gasteiger partial charge in [0.25, 0.3) is 17.7 Å². The van der Waals surface area contributed by atoms with Crippen LogP contribution in [0.1, 0.15) is 116 Å². The van der Waals surface area contributed by atoms with Gasteiger partial charge in [0.15, 0.2) is 5.37 Å². The number of urea groups is 4. The number of ether oxygens (including phenoxy) is 2. The van der Waals surface area contributed by atoms with Gasteiger partial charge in [0.05, 0.1) is 11.7 Å². The number of carbonyl (C=O) groups excluding carboxylic acids is 11. The molecule has 5 N–H and O–H groups in total. The zero-order valence-electron chi connectivity index (χ0n) is 52.3. The summed E-state index contributed by atoms with van der Waals surface area (Å²) in [6.45, 7) is 24.1. The molecule has 26 nitrogen and oxygen atoms in total. The van der Waals surface area contributed by atoms with E-state index in [1.165, 1.54) is 49.2 Å². The highest BCUT2D eigenvalue weighted by Crippen LogP contribution is 2.27. The van der Waals surface area contributed by atoms with Crippen LogP contribution in [0.3, 0.4) is 0 Å². The van der Waals surface area contributed by atoms with Crippen molar-refractivity contribution < 1.29 is 67.3 Å². The number of likely N-dealkylation sites (N-methyl/N-ethyl adjacent to an activating group) is 6. The molecule has 1 aliphatic heterocycles. The monoisotopic (exact) mass is 1180 g/mol. The van der Waals surface area contributed by atoms with E-state index >= 15 is 4.79 Å². The van der Waals surface area contributed by atoms with Gasteiger partial charge in [0.1, 0.15) is 43.0 Å². The van der Waals surface area contributed by atoms with Crippen molar-refractivity contribution in [3.8, 4) is 0 Å². The molecule has 0 spiro atoms. The predicted molar refractivity (Wildman–Crippen MR) is 311 cm³/mol. The van der Waals surface area contributed by atoms with E-state index in [4.69, 9.17) is 9.47 Å². The fourth-order valence-corrected chi connectivity index (χ4v) is 10.4. The molecule has 0 aromatic rings. The Morgan fingerprint density at radius 1 is 0.683 bits per heavy atom. The third kappa shape index (κ3) is 21.1. The fraction of sp³-hybridized carbons (Fsp3) is 0.764. The molecule has 1 heterocycles. The summed E-state index contributed by atoms with van der Waals surface area (Å²) >= 11 is 1.08. The summed E-state index contributed by atoms with van der Waals surface area (Å²) in [5.41, 5.74) is -1.22. The molecular formula is C55H98N12O14S. The molecule has 1 aliphatic rings. The van der Waals surface area contributed by atoms with Crippen molar-refractivity contribution in [1.82, 2.24) is 60.5 Å². The van der Waals surface area contributed by atoms with Crippen LogP contribution in [0.15, 0.2) is 12.2 Å². The van der Waals surface area contributed by atoms with Gasteiger partial charge in [0, 0.05) is 74.7 Å². The van der Waals surface area contributed by atoms with Gasteiger partial charge in [-0.1, -0.05) is 67.5 Å². The maximum atomic E-state index is 15.1. The number of carbonyl (C=O) groups is 11. The Balaban J connectivity index is 4.37. The van der Waals surface area contributed by atoms with Crippen molar-refractivity contribution in [2.45, 2.75) is 169 Å². The number of thioether (sulfide) groups is 1. The van der Waals surface area contributed by atoms with Crippen LogP contribution in [-0.2, 0) is 43.0 Å². The number of hydrogen-bond donors (Lipinski definition) is 5. The Kier molecular flexibility index (Phi) is 31.3. The first-order valence-corrected chi connectivity index (χ1v) is 29.1. The van der Waals surface area contributed by atoms with Crippen molar-refractivity contribution in [3.63, 3.8) is 0 Å². The molecule has 1 rings (SSSR count). The highest BCUT2D eigenvalue weighted by Gasteiger charge is 2.45. The molecule has 82 heavy (non-hydrogen) atoms. The van der Waals surface area contributed by atoms with E-state index in [1.807, 2.05) is 19.2 Å². The second-order valence-corrected chi connectivity index (χ2v) is 23.3. The summed E-state index contributed by atoms with van der Waals surface area (Å²) in [4.78, 5) is 166. The van der Waals surface area contributed by atoms with Crippen LogP contribution in [-0.4, -0.2) is 251 Å². The highest BCUT2D eigenvalue weighted by molar-refractivity contribution is 8.00. The minimum Gasteiger partial charge on any atom is -0.390 e. The molecule has 0 aromatic heterocycles. The smallest absolute Gasteiger partial charge is 0.333 e. The van der Waals surface area contributed by atoms with Crippen molar-refractivity contribution in [3.05, 3.63) is 12.2 Å². The first-order valence-electron chi connectivity index (χ1n) is 28.1. The maximum Gasteiger partial charge on any atom is 0.333 e. The van der Waals surface area contributed by atoms with Crippen LogP contribution >= 0.6 is 11.8 Å². The average molecular weight is 1180 g/mol. The third-order valence-corrected chi connectivity index (χ3v) is 15.8. The summed E-state index contributed by atoms with van der Waals surface area (Å²) in [5.74, 6) is -7.28. The number of aliphatic hydroxyl groups excluding tert-OH is 1. The predicted octanol–water partition coefficient (Wildman–Crippen LogP) is 2.93. The Bertz CT molecular complexity index is 2230. The van der Waals surface area contributed by atoms with E-state index in [0.29, 0.717) is 36.9 Å². The molecule has 0 bridgehead atoms. The van der Waals surface area contributed by atoms with Crippen LogP contribution in [0.5, 0.6) is 0 Å². The summed E-state index contributed by atoms with van der Waals surface area (Å²) in [6.07, 6.45) is 1.97. The Morgan fingerprint density at radius 2 is 1.26 bits per heavy atom. The first kappa shape index (κ1) is 74.1. The van der Waals surface area contributed by atoms with Gasteiger partial charge in [0.2, 0.25) is 23.6 Å². The molecule has 0 aliphatic carbocycles. The van der Waals surface area contributed by atoms with Crippen molar-refractivity contribution in [1.29, 1.82) is 0 Å². The summed E-state index contributed by atoms with van der Waals surface area (Å²) in [7, 11) is 8.69. The van der Waals surface area contributed by atoms with E-state index < -0.39 is 131 Å². The number of imide groups is 4. The SMILES string of the molecule is C/C=C/C[C@@H](C)[C@@H](O)[C@H]1C(=O)N[C@@H](CC)C(=O)N(C)[C@H](SCCN(CC)CC)C(=O)N(C)[C@@H](CC(C)(C)OCOCC)C(=O)NC(=O)N(C)C(=O)NC(=O)N[C@H](C)C(=O)N(C)[C@H](CC(C)C)C(=O)N(C)C(=O)N(C)[C@@H](C(C)C)C(=O)N1C. The van der Waals surface area contributed by atoms with Crippen molar-refractivity contribution in [2.24, 2.45) is 17.8 Å². The highest BCUT2D eigenvalue weighted by atomic mass is 32.2. The molecule has 9 atom stereocenters. The molecule has 468 valence electrons. The topological polar surface area (TPSA) is 300 Å². The molecule has 0 unspecified atom stereocenters. The van der Waals surface area contributed by atoms with Gasteiger partial charge >= 0.3 is 24.1 Å². The Morgan fingerprint density at radius 3 is 1.78 bits per heavy atom. The zero-order chi connectivity index (χ0) is 63.3. The van der Waals surface area contributed by atoms with Crippen molar-refractivity contribution >= 4 is 77.2 Å². The lowest BCUT2D eigenvalue weighted by atomic mass is 9.91. The molecule has 1 saturated heterocycles. The quantitative estimate of drug-likeness (QED) is 0.0665. The van der Waals surface area contributed by atoms with Gasteiger partial charge in [-0.25, -0.2) is 24.1 Å². The summed E-state index contributed by atoms with van der Waals surface area (Å²) < 4.78 is 11.4. The number of allylic oxidation sites excluding steroid dienone is 2. The molecule has 0 radical (unpaired) electrons. The van der Waals surface area contributed by atoms with Crippen LogP contribution in [0.25, 0.3) is 0 Å². The number of rotatable bonds is 20. The minimum atomic E-state index is -1.68. The number of nitrogens with zero attached hydrogens (tertiary/aromatic N) is 8. The molecule has 15 amide bonds. The second kappa shape index (κ2) is 34.6. The summed E-state index contributed by atoms with van der Waals surface area (Å²) in [6, 6.07) is -13.5. The van der Waals surface area contributed by atoms with Crippen molar-refractivity contribution in [2.75, 3.05) is 88.1 Å². The minimum absolute atomic E-state index is 0.0313. The van der Waals surface area contributed by atoms with Crippen LogP contribution in [0.2, 0.25) is 0 Å².